The van der Waals surface area contributed by atoms with Crippen LogP contribution in [-0.2, 0) is 0 Å². The lowest BCUT2D eigenvalue weighted by Gasteiger charge is -2.18. The van der Waals surface area contributed by atoms with E-state index in [1.54, 1.807) is 17.4 Å². The smallest absolute Gasteiger partial charge is 0.186 e. The second-order valence-corrected chi connectivity index (χ2v) is 5.74. The second-order valence-electron chi connectivity index (χ2n) is 4.73. The summed E-state index contributed by atoms with van der Waals surface area (Å²) >= 11 is 1.58. The highest BCUT2D eigenvalue weighted by Crippen LogP contribution is 2.30. The van der Waals surface area contributed by atoms with Gasteiger partial charge in [0.2, 0.25) is 0 Å². The number of anilines is 1. The number of likely N-dealkylation sites (N-methyl/N-ethyl adjacent to an activating group) is 1. The highest BCUT2D eigenvalue weighted by atomic mass is 32.1. The van der Waals surface area contributed by atoms with Crippen molar-refractivity contribution < 1.29 is 4.39 Å². The predicted octanol–water partition coefficient (Wildman–Crippen LogP) is 2.58. The van der Waals surface area contributed by atoms with Crippen LogP contribution in [0.15, 0.2) is 18.2 Å². The fourth-order valence-corrected chi connectivity index (χ4v) is 3.31. The van der Waals surface area contributed by atoms with Gasteiger partial charge in [-0.05, 0) is 32.1 Å². The minimum atomic E-state index is -0.220. The van der Waals surface area contributed by atoms with Gasteiger partial charge in [0.15, 0.2) is 5.13 Å². The molecule has 1 aliphatic rings. The van der Waals surface area contributed by atoms with E-state index in [0.717, 1.165) is 42.4 Å². The minimum Gasteiger partial charge on any atom is -0.347 e. The molecule has 5 heteroatoms. The maximum atomic E-state index is 13.6. The highest BCUT2D eigenvalue weighted by Gasteiger charge is 2.17. The average molecular weight is 265 g/mol. The maximum absolute atomic E-state index is 13.6. The number of hydrogen-bond donors (Lipinski definition) is 0. The number of fused-ring (bicyclic) bond motifs is 1. The second kappa shape index (κ2) is 4.82. The van der Waals surface area contributed by atoms with Crippen molar-refractivity contribution in [2.24, 2.45) is 0 Å². The number of benzene rings is 1. The number of aromatic nitrogens is 1. The Morgan fingerprint density at radius 1 is 1.22 bits per heavy atom. The van der Waals surface area contributed by atoms with Gasteiger partial charge in [-0.3, -0.25) is 0 Å². The Kier molecular flexibility index (Phi) is 3.18. The Bertz CT molecular complexity index is 554. The molecule has 0 atom stereocenters. The molecule has 3 nitrogen and oxygen atoms in total. The van der Waals surface area contributed by atoms with Crippen LogP contribution in [-0.4, -0.2) is 43.1 Å². The molecule has 2 aromatic rings. The molecule has 0 radical (unpaired) electrons. The van der Waals surface area contributed by atoms with Gasteiger partial charge in [-0.1, -0.05) is 17.4 Å². The summed E-state index contributed by atoms with van der Waals surface area (Å²) in [6, 6.07) is 5.15. The average Bonchev–Trinajstić information content (AvgIpc) is 2.67. The third-order valence-corrected chi connectivity index (χ3v) is 4.43. The molecule has 0 unspecified atom stereocenters. The highest BCUT2D eigenvalue weighted by molar-refractivity contribution is 7.22. The first-order valence-electron chi connectivity index (χ1n) is 6.22. The SMILES string of the molecule is CN1CCCN(c2nc3c(F)cccc3s2)CC1. The lowest BCUT2D eigenvalue weighted by atomic mass is 10.3. The Morgan fingerprint density at radius 3 is 2.94 bits per heavy atom. The summed E-state index contributed by atoms with van der Waals surface area (Å²) in [5.74, 6) is -0.220. The van der Waals surface area contributed by atoms with Gasteiger partial charge < -0.3 is 9.80 Å². The number of halogens is 1. The summed E-state index contributed by atoms with van der Waals surface area (Å²) in [4.78, 5) is 9.05. The Hall–Kier alpha value is -1.20. The molecule has 0 bridgehead atoms. The normalized spacial score (nSPS) is 18.2. The van der Waals surface area contributed by atoms with Gasteiger partial charge in [0, 0.05) is 19.6 Å². The van der Waals surface area contributed by atoms with Gasteiger partial charge >= 0.3 is 0 Å². The van der Waals surface area contributed by atoms with Crippen molar-refractivity contribution in [3.63, 3.8) is 0 Å². The maximum Gasteiger partial charge on any atom is 0.186 e. The number of nitrogens with zero attached hydrogens (tertiary/aromatic N) is 3. The van der Waals surface area contributed by atoms with E-state index in [-0.39, 0.29) is 5.82 Å². The molecule has 3 rings (SSSR count). The zero-order valence-corrected chi connectivity index (χ0v) is 11.2. The first-order chi connectivity index (χ1) is 8.74. The van der Waals surface area contributed by atoms with Crippen LogP contribution in [0.5, 0.6) is 0 Å². The van der Waals surface area contributed by atoms with Crippen molar-refractivity contribution in [3.8, 4) is 0 Å². The molecular weight excluding hydrogens is 249 g/mol. The van der Waals surface area contributed by atoms with Gasteiger partial charge in [0.05, 0.1) is 4.70 Å². The molecule has 96 valence electrons. The lowest BCUT2D eigenvalue weighted by Crippen LogP contribution is -2.28. The van der Waals surface area contributed by atoms with E-state index >= 15 is 0 Å². The molecule has 0 spiro atoms. The first kappa shape index (κ1) is 11.9. The van der Waals surface area contributed by atoms with E-state index in [0.29, 0.717) is 5.52 Å². The summed E-state index contributed by atoms with van der Waals surface area (Å²) in [6.45, 7) is 4.14. The monoisotopic (exact) mass is 265 g/mol. The number of para-hydroxylation sites is 1. The van der Waals surface area contributed by atoms with E-state index in [2.05, 4.69) is 21.8 Å². The van der Waals surface area contributed by atoms with Gasteiger partial charge in [-0.2, -0.15) is 0 Å². The van der Waals surface area contributed by atoms with Crippen LogP contribution < -0.4 is 4.90 Å². The molecule has 0 aliphatic carbocycles. The number of hydrogen-bond acceptors (Lipinski definition) is 4. The molecule has 18 heavy (non-hydrogen) atoms. The summed E-state index contributed by atoms with van der Waals surface area (Å²) in [6.07, 6.45) is 1.13. The summed E-state index contributed by atoms with van der Waals surface area (Å²) < 4.78 is 14.6. The van der Waals surface area contributed by atoms with E-state index in [4.69, 9.17) is 0 Å². The zero-order valence-electron chi connectivity index (χ0n) is 10.4. The standard InChI is InChI=1S/C13H16FN3S/c1-16-6-3-7-17(9-8-16)13-15-12-10(14)4-2-5-11(12)18-13/h2,4-5H,3,6-9H2,1H3. The van der Waals surface area contributed by atoms with E-state index in [1.165, 1.54) is 6.07 Å². The third-order valence-electron chi connectivity index (χ3n) is 3.35. The summed E-state index contributed by atoms with van der Waals surface area (Å²) in [7, 11) is 2.14. The van der Waals surface area contributed by atoms with Crippen LogP contribution in [0.1, 0.15) is 6.42 Å². The van der Waals surface area contributed by atoms with Gasteiger partial charge in [-0.15, -0.1) is 0 Å². The summed E-state index contributed by atoms with van der Waals surface area (Å²) in [5, 5.41) is 0.949. The van der Waals surface area contributed by atoms with Crippen molar-refractivity contribution in [3.05, 3.63) is 24.0 Å². The van der Waals surface area contributed by atoms with Crippen LogP contribution in [0.25, 0.3) is 10.2 Å². The fraction of sp³-hybridized carbons (Fsp3) is 0.462. The first-order valence-corrected chi connectivity index (χ1v) is 7.04. The Labute approximate surface area is 110 Å². The minimum absolute atomic E-state index is 0.220. The van der Waals surface area contributed by atoms with E-state index < -0.39 is 0 Å². The molecule has 1 aromatic heterocycles. The van der Waals surface area contributed by atoms with Gasteiger partial charge in [0.25, 0.3) is 0 Å². The van der Waals surface area contributed by atoms with Crippen LogP contribution in [0.4, 0.5) is 9.52 Å². The van der Waals surface area contributed by atoms with Crippen LogP contribution in [0, 0.1) is 5.82 Å². The van der Waals surface area contributed by atoms with Gasteiger partial charge in [-0.25, -0.2) is 9.37 Å². The molecule has 1 aliphatic heterocycles. The Morgan fingerprint density at radius 2 is 2.11 bits per heavy atom. The molecule has 1 fully saturated rings. The Balaban J connectivity index is 1.91. The largest absolute Gasteiger partial charge is 0.347 e. The third kappa shape index (κ3) is 2.20. The van der Waals surface area contributed by atoms with Crippen LogP contribution >= 0.6 is 11.3 Å². The molecule has 0 saturated carbocycles. The molecular formula is C13H16FN3S. The number of rotatable bonds is 1. The van der Waals surface area contributed by atoms with Gasteiger partial charge in [0.1, 0.15) is 11.3 Å². The molecule has 1 saturated heterocycles. The molecule has 0 N–H and O–H groups in total. The summed E-state index contributed by atoms with van der Waals surface area (Å²) in [5.41, 5.74) is 0.509. The van der Waals surface area contributed by atoms with Crippen molar-refractivity contribution in [2.45, 2.75) is 6.42 Å². The lowest BCUT2D eigenvalue weighted by molar-refractivity contribution is 0.360. The van der Waals surface area contributed by atoms with E-state index in [1.807, 2.05) is 6.07 Å². The van der Waals surface area contributed by atoms with Crippen LogP contribution in [0.3, 0.4) is 0 Å². The molecule has 0 amide bonds. The zero-order chi connectivity index (χ0) is 12.5. The predicted molar refractivity (Wildman–Crippen MR) is 73.9 cm³/mol. The van der Waals surface area contributed by atoms with Crippen molar-refractivity contribution in [1.29, 1.82) is 0 Å². The quantitative estimate of drug-likeness (QED) is 0.790. The van der Waals surface area contributed by atoms with Crippen LogP contribution in [0.2, 0.25) is 0 Å². The topological polar surface area (TPSA) is 19.4 Å². The fourth-order valence-electron chi connectivity index (χ4n) is 2.28. The molecule has 1 aromatic carbocycles. The van der Waals surface area contributed by atoms with E-state index in [9.17, 15) is 4.39 Å². The molecule has 2 heterocycles. The van der Waals surface area contributed by atoms with Crippen molar-refractivity contribution in [1.82, 2.24) is 9.88 Å². The van der Waals surface area contributed by atoms with Crippen molar-refractivity contribution in [2.75, 3.05) is 38.1 Å². The van der Waals surface area contributed by atoms with Crippen molar-refractivity contribution >= 4 is 26.7 Å². The number of thiazole rings is 1.